The lowest BCUT2D eigenvalue weighted by atomic mass is 9.94. The Morgan fingerprint density at radius 1 is 0.930 bits per heavy atom. The van der Waals surface area contributed by atoms with Crippen LogP contribution in [0.5, 0.6) is 11.5 Å². The molecule has 1 saturated carbocycles. The van der Waals surface area contributed by atoms with Gasteiger partial charge in [-0.3, -0.25) is 13.9 Å². The summed E-state index contributed by atoms with van der Waals surface area (Å²) in [6.45, 7) is -0.421. The van der Waals surface area contributed by atoms with Gasteiger partial charge in [0.2, 0.25) is 28.6 Å². The molecule has 0 unspecified atom stereocenters. The van der Waals surface area contributed by atoms with Crippen molar-refractivity contribution in [2.45, 2.75) is 57.2 Å². The molecule has 2 aliphatic rings. The van der Waals surface area contributed by atoms with Crippen LogP contribution in [0.15, 0.2) is 72.8 Å². The summed E-state index contributed by atoms with van der Waals surface area (Å²) < 4.78 is 37.9. The third-order valence-electron chi connectivity index (χ3n) is 7.79. The van der Waals surface area contributed by atoms with Crippen molar-refractivity contribution in [2.24, 2.45) is 0 Å². The molecule has 3 aromatic carbocycles. The van der Waals surface area contributed by atoms with Gasteiger partial charge in [0.25, 0.3) is 0 Å². The summed E-state index contributed by atoms with van der Waals surface area (Å²) in [5.41, 5.74) is 1.86. The molecule has 1 aliphatic heterocycles. The van der Waals surface area contributed by atoms with Gasteiger partial charge < -0.3 is 19.7 Å². The molecule has 11 heteroatoms. The van der Waals surface area contributed by atoms with E-state index in [0.29, 0.717) is 16.5 Å². The lowest BCUT2D eigenvalue weighted by molar-refractivity contribution is -0.140. The molecule has 0 spiro atoms. The zero-order valence-corrected chi connectivity index (χ0v) is 25.6. The number of halogens is 1. The van der Waals surface area contributed by atoms with Crippen molar-refractivity contribution in [2.75, 3.05) is 23.9 Å². The van der Waals surface area contributed by atoms with Crippen LogP contribution >= 0.6 is 11.6 Å². The predicted octanol–water partition coefficient (Wildman–Crippen LogP) is 4.92. The van der Waals surface area contributed by atoms with E-state index in [1.165, 1.54) is 11.0 Å². The topological polar surface area (TPSA) is 105 Å². The van der Waals surface area contributed by atoms with Crippen LogP contribution in [-0.4, -0.2) is 56.8 Å². The maximum Gasteiger partial charge on any atom is 0.244 e. The highest BCUT2D eigenvalue weighted by molar-refractivity contribution is 7.92. The first-order valence-corrected chi connectivity index (χ1v) is 16.7. The molecule has 1 aliphatic carbocycles. The number of carbonyl (C=O) groups is 2. The Morgan fingerprint density at radius 2 is 1.65 bits per heavy atom. The molecule has 1 N–H and O–H groups in total. The van der Waals surface area contributed by atoms with E-state index in [9.17, 15) is 18.0 Å². The molecule has 9 nitrogen and oxygen atoms in total. The molecule has 1 atom stereocenters. The van der Waals surface area contributed by atoms with Gasteiger partial charge in [-0.1, -0.05) is 73.3 Å². The van der Waals surface area contributed by atoms with Gasteiger partial charge >= 0.3 is 0 Å². The second kappa shape index (κ2) is 13.7. The number of amides is 2. The van der Waals surface area contributed by atoms with Crippen LogP contribution < -0.4 is 19.1 Å². The first-order valence-electron chi connectivity index (χ1n) is 14.4. The van der Waals surface area contributed by atoms with E-state index in [-0.39, 0.29) is 37.4 Å². The van der Waals surface area contributed by atoms with Crippen molar-refractivity contribution in [3.8, 4) is 11.5 Å². The van der Waals surface area contributed by atoms with Crippen LogP contribution in [0.25, 0.3) is 0 Å². The first kappa shape index (κ1) is 30.7. The van der Waals surface area contributed by atoms with Crippen LogP contribution in [0.3, 0.4) is 0 Å². The summed E-state index contributed by atoms with van der Waals surface area (Å²) in [7, 11) is -3.90. The maximum absolute atomic E-state index is 14.3. The number of nitrogens with one attached hydrogen (secondary N) is 1. The fourth-order valence-corrected chi connectivity index (χ4v) is 6.64. The number of fused-ring (bicyclic) bond motifs is 1. The third kappa shape index (κ3) is 8.00. The van der Waals surface area contributed by atoms with Gasteiger partial charge in [0.1, 0.15) is 12.6 Å². The molecule has 5 rings (SSSR count). The van der Waals surface area contributed by atoms with Crippen LogP contribution in [0, 0.1) is 0 Å². The molecule has 1 fully saturated rings. The molecule has 43 heavy (non-hydrogen) atoms. The standard InChI is InChI=1S/C32H36ClN3O6S/c1-43(39,40)36(27-15-16-29-30(19-27)42-22-41-29)21-31(37)35(20-24-11-8-12-25(33)17-24)28(18-23-9-4-2-5-10-23)32(38)34-26-13-6-3-7-14-26/h2,4-5,8-12,15-17,19,26,28H,3,6-7,13-14,18,20-22H2,1H3,(H,34,38)/t28-/m1/s1. The smallest absolute Gasteiger partial charge is 0.244 e. The van der Waals surface area contributed by atoms with Gasteiger partial charge in [-0.2, -0.15) is 0 Å². The zero-order valence-electron chi connectivity index (χ0n) is 24.1. The number of rotatable bonds is 11. The number of ether oxygens (including phenoxy) is 2. The van der Waals surface area contributed by atoms with Crippen molar-refractivity contribution >= 4 is 39.1 Å². The molecule has 228 valence electrons. The molecule has 1 heterocycles. The van der Waals surface area contributed by atoms with E-state index < -0.39 is 28.5 Å². The highest BCUT2D eigenvalue weighted by atomic mass is 35.5. The quantitative estimate of drug-likeness (QED) is 0.324. The van der Waals surface area contributed by atoms with Crippen molar-refractivity contribution < 1.29 is 27.5 Å². The van der Waals surface area contributed by atoms with E-state index >= 15 is 0 Å². The number of benzene rings is 3. The average molecular weight is 626 g/mol. The number of nitrogens with zero attached hydrogens (tertiary/aromatic N) is 2. The van der Waals surface area contributed by atoms with Gasteiger partial charge in [-0.15, -0.1) is 0 Å². The van der Waals surface area contributed by atoms with Gasteiger partial charge in [0.05, 0.1) is 11.9 Å². The Kier molecular flexibility index (Phi) is 9.77. The number of hydrogen-bond donors (Lipinski definition) is 1. The predicted molar refractivity (Wildman–Crippen MR) is 166 cm³/mol. The molecule has 0 saturated heterocycles. The number of carbonyl (C=O) groups excluding carboxylic acids is 2. The summed E-state index contributed by atoms with van der Waals surface area (Å²) in [5.74, 6) is 0.0968. The van der Waals surface area contributed by atoms with Crippen molar-refractivity contribution in [1.82, 2.24) is 10.2 Å². The molecule has 0 radical (unpaired) electrons. The SMILES string of the molecule is CS(=O)(=O)N(CC(=O)N(Cc1cccc(Cl)c1)[C@H](Cc1ccccc1)C(=O)NC1CCCCC1)c1ccc2c(c1)OCO2. The molecule has 2 amide bonds. The second-order valence-electron chi connectivity index (χ2n) is 11.0. The van der Waals surface area contributed by atoms with Gasteiger partial charge in [0.15, 0.2) is 11.5 Å². The van der Waals surface area contributed by atoms with Crippen LogP contribution in [0.4, 0.5) is 5.69 Å². The molecule has 0 aromatic heterocycles. The fourth-order valence-electron chi connectivity index (χ4n) is 5.58. The lowest BCUT2D eigenvalue weighted by Gasteiger charge is -2.35. The Hall–Kier alpha value is -3.76. The van der Waals surface area contributed by atoms with Gasteiger partial charge in [0, 0.05) is 30.1 Å². The summed E-state index contributed by atoms with van der Waals surface area (Å²) in [6, 6.07) is 20.4. The Balaban J connectivity index is 1.50. The zero-order chi connectivity index (χ0) is 30.4. The van der Waals surface area contributed by atoms with Crippen LogP contribution in [0.1, 0.15) is 43.2 Å². The lowest BCUT2D eigenvalue weighted by Crippen LogP contribution is -2.55. The van der Waals surface area contributed by atoms with E-state index in [1.54, 1.807) is 30.3 Å². The van der Waals surface area contributed by atoms with Crippen LogP contribution in [-0.2, 0) is 32.6 Å². The normalized spacial score (nSPS) is 15.5. The van der Waals surface area contributed by atoms with Crippen molar-refractivity contribution in [1.29, 1.82) is 0 Å². The minimum absolute atomic E-state index is 0.0290. The van der Waals surface area contributed by atoms with E-state index in [4.69, 9.17) is 21.1 Å². The maximum atomic E-state index is 14.3. The third-order valence-corrected chi connectivity index (χ3v) is 9.16. The van der Waals surface area contributed by atoms with E-state index in [1.807, 2.05) is 36.4 Å². The first-order chi connectivity index (χ1) is 20.7. The van der Waals surface area contributed by atoms with Crippen LogP contribution in [0.2, 0.25) is 5.02 Å². The summed E-state index contributed by atoms with van der Waals surface area (Å²) in [5, 5.41) is 3.69. The summed E-state index contributed by atoms with van der Waals surface area (Å²) in [6.07, 6.45) is 6.30. The highest BCUT2D eigenvalue weighted by Crippen LogP contribution is 2.36. The Labute approximate surface area is 257 Å². The molecule has 3 aromatic rings. The number of sulfonamides is 1. The summed E-state index contributed by atoms with van der Waals surface area (Å²) in [4.78, 5) is 29.8. The number of hydrogen-bond acceptors (Lipinski definition) is 6. The Morgan fingerprint density at radius 3 is 2.37 bits per heavy atom. The Bertz CT molecular complexity index is 1550. The fraction of sp³-hybridized carbons (Fsp3) is 0.375. The average Bonchev–Trinajstić information content (AvgIpc) is 3.46. The van der Waals surface area contributed by atoms with E-state index in [0.717, 1.165) is 53.8 Å². The summed E-state index contributed by atoms with van der Waals surface area (Å²) >= 11 is 6.29. The monoisotopic (exact) mass is 625 g/mol. The highest BCUT2D eigenvalue weighted by Gasteiger charge is 2.34. The largest absolute Gasteiger partial charge is 0.454 e. The van der Waals surface area contributed by atoms with Gasteiger partial charge in [-0.05, 0) is 48.2 Å². The van der Waals surface area contributed by atoms with Crippen molar-refractivity contribution in [3.05, 3.63) is 88.9 Å². The minimum Gasteiger partial charge on any atom is -0.454 e. The van der Waals surface area contributed by atoms with Crippen molar-refractivity contribution in [3.63, 3.8) is 0 Å². The minimum atomic E-state index is -3.90. The number of anilines is 1. The van der Waals surface area contributed by atoms with Gasteiger partial charge in [-0.25, -0.2) is 8.42 Å². The molecule has 0 bridgehead atoms. The second-order valence-corrected chi connectivity index (χ2v) is 13.4. The van der Waals surface area contributed by atoms with E-state index in [2.05, 4.69) is 5.32 Å². The molecular formula is C32H36ClN3O6S. The molecular weight excluding hydrogens is 590 g/mol.